The van der Waals surface area contributed by atoms with Crippen molar-refractivity contribution in [1.29, 1.82) is 0 Å². The zero-order valence-corrected chi connectivity index (χ0v) is 8.13. The van der Waals surface area contributed by atoms with Crippen LogP contribution < -0.4 is 0 Å². The third kappa shape index (κ3) is 2.89. The summed E-state index contributed by atoms with van der Waals surface area (Å²) < 4.78 is 34.3. The second-order valence-corrected chi connectivity index (χ2v) is 5.48. The minimum absolute atomic E-state index is 0.0729. The van der Waals surface area contributed by atoms with Gasteiger partial charge in [-0.15, -0.1) is 0 Å². The summed E-state index contributed by atoms with van der Waals surface area (Å²) in [4.78, 5) is 1.68. The fraction of sp³-hybridized carbons (Fsp3) is 1.00. The highest BCUT2D eigenvalue weighted by atomic mass is 32.2. The molecule has 1 fully saturated rings. The first-order valence-corrected chi connectivity index (χ1v) is 6.02. The lowest BCUT2D eigenvalue weighted by molar-refractivity contribution is 0.109. The summed E-state index contributed by atoms with van der Waals surface area (Å²) in [6.45, 7) is -0.220. The quantitative estimate of drug-likeness (QED) is 0.653. The molecule has 1 saturated heterocycles. The summed E-state index contributed by atoms with van der Waals surface area (Å²) in [7, 11) is -2.91. The molecule has 1 rings (SSSR count). The Balaban J connectivity index is 2.49. The first-order chi connectivity index (χ1) is 6.09. The van der Waals surface area contributed by atoms with Crippen molar-refractivity contribution in [2.45, 2.75) is 6.04 Å². The smallest absolute Gasteiger partial charge is 0.152 e. The van der Waals surface area contributed by atoms with Crippen LogP contribution in [0.25, 0.3) is 0 Å². The van der Waals surface area contributed by atoms with Crippen molar-refractivity contribution in [3.63, 3.8) is 0 Å². The molecule has 0 aromatic rings. The van der Waals surface area contributed by atoms with E-state index in [2.05, 4.69) is 0 Å². The summed E-state index contributed by atoms with van der Waals surface area (Å²) in [5.74, 6) is 0.146. The number of aliphatic hydroxyl groups is 1. The minimum atomic E-state index is -2.91. The van der Waals surface area contributed by atoms with E-state index in [0.29, 0.717) is 13.1 Å². The van der Waals surface area contributed by atoms with Gasteiger partial charge < -0.3 is 5.11 Å². The molecule has 0 aromatic heterocycles. The van der Waals surface area contributed by atoms with E-state index in [1.807, 2.05) is 0 Å². The maximum absolute atomic E-state index is 12.3. The molecule has 0 saturated carbocycles. The molecule has 1 aliphatic heterocycles. The van der Waals surface area contributed by atoms with Crippen LogP contribution in [0.4, 0.5) is 4.39 Å². The molecular formula is C7H14FNO3S. The van der Waals surface area contributed by atoms with Gasteiger partial charge in [-0.05, 0) is 0 Å². The van der Waals surface area contributed by atoms with E-state index in [1.54, 1.807) is 4.90 Å². The molecule has 1 N–H and O–H groups in total. The van der Waals surface area contributed by atoms with E-state index in [4.69, 9.17) is 5.11 Å². The highest BCUT2D eigenvalue weighted by Crippen LogP contribution is 2.08. The molecule has 13 heavy (non-hydrogen) atoms. The van der Waals surface area contributed by atoms with Crippen molar-refractivity contribution in [3.05, 3.63) is 0 Å². The Bertz CT molecular complexity index is 236. The van der Waals surface area contributed by atoms with E-state index in [0.717, 1.165) is 0 Å². The second-order valence-electron chi connectivity index (χ2n) is 3.18. The normalized spacial score (nSPS) is 25.7. The SMILES string of the molecule is O=S1(=O)CCN([C@H](CO)CF)CC1. The summed E-state index contributed by atoms with van der Waals surface area (Å²) in [5, 5.41) is 8.78. The lowest BCUT2D eigenvalue weighted by Gasteiger charge is -2.31. The van der Waals surface area contributed by atoms with Crippen molar-refractivity contribution in [3.8, 4) is 0 Å². The Morgan fingerprint density at radius 1 is 1.38 bits per heavy atom. The zero-order chi connectivity index (χ0) is 9.90. The number of sulfone groups is 1. The van der Waals surface area contributed by atoms with Crippen molar-refractivity contribution in [2.75, 3.05) is 37.9 Å². The van der Waals surface area contributed by atoms with Crippen molar-refractivity contribution in [2.24, 2.45) is 0 Å². The van der Waals surface area contributed by atoms with Crippen LogP contribution in [0.2, 0.25) is 0 Å². The van der Waals surface area contributed by atoms with Crippen LogP contribution in [0.5, 0.6) is 0 Å². The monoisotopic (exact) mass is 211 g/mol. The van der Waals surface area contributed by atoms with E-state index in [1.165, 1.54) is 0 Å². The van der Waals surface area contributed by atoms with Gasteiger partial charge in [0.2, 0.25) is 0 Å². The number of rotatable bonds is 3. The standard InChI is InChI=1S/C7H14FNO3S/c8-5-7(6-10)9-1-3-13(11,12)4-2-9/h7,10H,1-6H2/t7-/m0/s1. The van der Waals surface area contributed by atoms with Crippen LogP contribution in [0, 0.1) is 0 Å². The van der Waals surface area contributed by atoms with Gasteiger partial charge in [-0.1, -0.05) is 0 Å². The molecule has 78 valence electrons. The van der Waals surface area contributed by atoms with Crippen molar-refractivity contribution < 1.29 is 17.9 Å². The van der Waals surface area contributed by atoms with Gasteiger partial charge in [0, 0.05) is 13.1 Å². The molecule has 1 atom stereocenters. The van der Waals surface area contributed by atoms with E-state index in [9.17, 15) is 12.8 Å². The first kappa shape index (κ1) is 10.9. The van der Waals surface area contributed by atoms with Crippen LogP contribution in [-0.2, 0) is 9.84 Å². The summed E-state index contributed by atoms with van der Waals surface area (Å²) >= 11 is 0. The van der Waals surface area contributed by atoms with E-state index in [-0.39, 0.29) is 18.1 Å². The molecule has 0 aliphatic carbocycles. The number of hydrogen-bond acceptors (Lipinski definition) is 4. The Hall–Kier alpha value is -0.200. The molecule has 0 bridgehead atoms. The molecular weight excluding hydrogens is 197 g/mol. The van der Waals surface area contributed by atoms with Crippen LogP contribution >= 0.6 is 0 Å². The number of aliphatic hydroxyl groups excluding tert-OH is 1. The lowest BCUT2D eigenvalue weighted by atomic mass is 10.3. The fourth-order valence-electron chi connectivity index (χ4n) is 1.35. The molecule has 1 heterocycles. The van der Waals surface area contributed by atoms with Crippen LogP contribution in [0.3, 0.4) is 0 Å². The molecule has 0 radical (unpaired) electrons. The van der Waals surface area contributed by atoms with Crippen molar-refractivity contribution >= 4 is 9.84 Å². The van der Waals surface area contributed by atoms with Gasteiger partial charge >= 0.3 is 0 Å². The molecule has 4 nitrogen and oxygen atoms in total. The Labute approximate surface area is 77.3 Å². The lowest BCUT2D eigenvalue weighted by Crippen LogP contribution is -2.48. The topological polar surface area (TPSA) is 57.6 Å². The van der Waals surface area contributed by atoms with Gasteiger partial charge in [0.15, 0.2) is 9.84 Å². The van der Waals surface area contributed by atoms with E-state index < -0.39 is 22.6 Å². The third-order valence-corrected chi connectivity index (χ3v) is 3.89. The van der Waals surface area contributed by atoms with Gasteiger partial charge in [-0.2, -0.15) is 0 Å². The average Bonchev–Trinajstić information content (AvgIpc) is 2.09. The van der Waals surface area contributed by atoms with E-state index >= 15 is 0 Å². The molecule has 0 unspecified atom stereocenters. The van der Waals surface area contributed by atoms with Crippen LogP contribution in [0.15, 0.2) is 0 Å². The summed E-state index contributed by atoms with van der Waals surface area (Å²) in [6.07, 6.45) is 0. The van der Waals surface area contributed by atoms with Gasteiger partial charge in [0.1, 0.15) is 6.67 Å². The van der Waals surface area contributed by atoms with Crippen LogP contribution in [-0.4, -0.2) is 62.3 Å². The fourth-order valence-corrected chi connectivity index (χ4v) is 2.58. The maximum Gasteiger partial charge on any atom is 0.152 e. The Morgan fingerprint density at radius 3 is 2.31 bits per heavy atom. The summed E-state index contributed by atoms with van der Waals surface area (Å²) in [6, 6.07) is -0.532. The predicted octanol–water partition coefficient (Wildman–Crippen LogP) is -0.953. The number of nitrogens with zero attached hydrogens (tertiary/aromatic N) is 1. The maximum atomic E-state index is 12.3. The molecule has 6 heteroatoms. The Kier molecular flexibility index (Phi) is 3.63. The van der Waals surface area contributed by atoms with Gasteiger partial charge in [0.05, 0.1) is 24.2 Å². The second kappa shape index (κ2) is 4.34. The Morgan fingerprint density at radius 2 is 1.92 bits per heavy atom. The predicted molar refractivity (Wildman–Crippen MR) is 47.1 cm³/mol. The third-order valence-electron chi connectivity index (χ3n) is 2.28. The first-order valence-electron chi connectivity index (χ1n) is 4.20. The van der Waals surface area contributed by atoms with Crippen LogP contribution in [0.1, 0.15) is 0 Å². The number of alkyl halides is 1. The van der Waals surface area contributed by atoms with Crippen molar-refractivity contribution in [1.82, 2.24) is 4.90 Å². The minimum Gasteiger partial charge on any atom is -0.395 e. The number of hydrogen-bond donors (Lipinski definition) is 1. The zero-order valence-electron chi connectivity index (χ0n) is 7.32. The van der Waals surface area contributed by atoms with Gasteiger partial charge in [0.25, 0.3) is 0 Å². The molecule has 0 amide bonds. The molecule has 0 spiro atoms. The van der Waals surface area contributed by atoms with Gasteiger partial charge in [-0.3, -0.25) is 4.90 Å². The number of halogens is 1. The molecule has 1 aliphatic rings. The summed E-state index contributed by atoms with van der Waals surface area (Å²) in [5.41, 5.74) is 0. The average molecular weight is 211 g/mol. The highest BCUT2D eigenvalue weighted by Gasteiger charge is 2.26. The largest absolute Gasteiger partial charge is 0.395 e. The highest BCUT2D eigenvalue weighted by molar-refractivity contribution is 7.91. The van der Waals surface area contributed by atoms with Gasteiger partial charge in [-0.25, -0.2) is 12.8 Å². The molecule has 0 aromatic carbocycles.